The third-order valence-electron chi connectivity index (χ3n) is 1.62. The van der Waals surface area contributed by atoms with Crippen molar-refractivity contribution in [3.05, 3.63) is 18.0 Å². The number of carbonyl (C=O) groups excluding carboxylic acids is 1. The van der Waals surface area contributed by atoms with Crippen LogP contribution in [-0.4, -0.2) is 15.7 Å². The highest BCUT2D eigenvalue weighted by molar-refractivity contribution is 5.72. The number of aryl methyl sites for hydroxylation is 1. The lowest BCUT2D eigenvalue weighted by Crippen LogP contribution is -2.21. The first kappa shape index (κ1) is 8.77. The second-order valence-electron chi connectivity index (χ2n) is 2.55. The maximum atomic E-state index is 10.6. The minimum Gasteiger partial charge on any atom is -0.351 e. The van der Waals surface area contributed by atoms with Crippen LogP contribution in [0.15, 0.2) is 12.3 Å². The number of nitrogens with one attached hydrogen (secondary N) is 1. The fraction of sp³-hybridized carbons (Fsp3) is 0.500. The first-order chi connectivity index (χ1) is 5.74. The maximum absolute atomic E-state index is 10.6. The van der Waals surface area contributed by atoms with Crippen LogP contribution < -0.4 is 5.32 Å². The second kappa shape index (κ2) is 3.90. The summed E-state index contributed by atoms with van der Waals surface area (Å²) in [7, 11) is 0. The van der Waals surface area contributed by atoms with Crippen LogP contribution in [0.4, 0.5) is 0 Å². The molecule has 1 heterocycles. The lowest BCUT2D eigenvalue weighted by molar-refractivity contribution is -0.119. The zero-order chi connectivity index (χ0) is 8.97. The topological polar surface area (TPSA) is 46.9 Å². The van der Waals surface area contributed by atoms with Gasteiger partial charge < -0.3 is 5.32 Å². The van der Waals surface area contributed by atoms with E-state index < -0.39 is 0 Å². The van der Waals surface area contributed by atoms with Crippen LogP contribution in [0, 0.1) is 0 Å². The largest absolute Gasteiger partial charge is 0.351 e. The van der Waals surface area contributed by atoms with Gasteiger partial charge in [-0.2, -0.15) is 5.10 Å². The summed E-state index contributed by atoms with van der Waals surface area (Å²) in [5, 5.41) is 6.80. The fourth-order valence-corrected chi connectivity index (χ4v) is 1.01. The Morgan fingerprint density at radius 2 is 2.50 bits per heavy atom. The molecule has 1 amide bonds. The van der Waals surface area contributed by atoms with Crippen molar-refractivity contribution in [2.24, 2.45) is 0 Å². The highest BCUT2D eigenvalue weighted by atomic mass is 16.1. The number of hydrogen-bond donors (Lipinski definition) is 1. The molecule has 66 valence electrons. The van der Waals surface area contributed by atoms with Gasteiger partial charge in [0.25, 0.3) is 0 Å². The molecule has 0 spiro atoms. The molecule has 0 saturated heterocycles. The second-order valence-corrected chi connectivity index (χ2v) is 2.55. The molecule has 0 atom stereocenters. The average molecular weight is 167 g/mol. The van der Waals surface area contributed by atoms with Crippen molar-refractivity contribution in [3.8, 4) is 0 Å². The Kier molecular flexibility index (Phi) is 2.85. The summed E-state index contributed by atoms with van der Waals surface area (Å²) in [5.74, 6) is -0.0150. The molecule has 1 N–H and O–H groups in total. The van der Waals surface area contributed by atoms with Crippen molar-refractivity contribution < 1.29 is 4.79 Å². The van der Waals surface area contributed by atoms with Crippen LogP contribution in [0.5, 0.6) is 0 Å². The first-order valence-corrected chi connectivity index (χ1v) is 3.99. The molecule has 0 unspecified atom stereocenters. The molecule has 4 nitrogen and oxygen atoms in total. The van der Waals surface area contributed by atoms with Crippen LogP contribution in [0.1, 0.15) is 19.5 Å². The smallest absolute Gasteiger partial charge is 0.217 e. The van der Waals surface area contributed by atoms with Crippen LogP contribution >= 0.6 is 0 Å². The highest BCUT2D eigenvalue weighted by Crippen LogP contribution is 1.97. The van der Waals surface area contributed by atoms with Crippen LogP contribution in [-0.2, 0) is 17.9 Å². The molecule has 12 heavy (non-hydrogen) atoms. The predicted molar refractivity (Wildman–Crippen MR) is 45.4 cm³/mol. The van der Waals surface area contributed by atoms with Crippen LogP contribution in [0.25, 0.3) is 0 Å². The molecule has 0 aromatic carbocycles. The number of hydrogen-bond acceptors (Lipinski definition) is 2. The SMILES string of the molecule is CCn1nccc1CNC(C)=O. The zero-order valence-electron chi connectivity index (χ0n) is 7.37. The third-order valence-corrected chi connectivity index (χ3v) is 1.62. The summed E-state index contributed by atoms with van der Waals surface area (Å²) in [4.78, 5) is 10.6. The van der Waals surface area contributed by atoms with Crippen molar-refractivity contribution in [1.82, 2.24) is 15.1 Å². The Bertz CT molecular complexity index is 267. The molecule has 1 rings (SSSR count). The van der Waals surface area contributed by atoms with Gasteiger partial charge in [-0.25, -0.2) is 0 Å². The Morgan fingerprint density at radius 1 is 1.75 bits per heavy atom. The van der Waals surface area contributed by atoms with E-state index in [2.05, 4.69) is 10.4 Å². The fourth-order valence-electron chi connectivity index (χ4n) is 1.01. The minimum absolute atomic E-state index is 0.0150. The number of rotatable bonds is 3. The van der Waals surface area contributed by atoms with Gasteiger partial charge in [0, 0.05) is 19.7 Å². The van der Waals surface area contributed by atoms with Gasteiger partial charge in [-0.3, -0.25) is 9.48 Å². The van der Waals surface area contributed by atoms with Gasteiger partial charge in [0.05, 0.1) is 12.2 Å². The summed E-state index contributed by atoms with van der Waals surface area (Å²) in [6, 6.07) is 1.90. The Balaban J connectivity index is 2.56. The van der Waals surface area contributed by atoms with E-state index in [1.165, 1.54) is 6.92 Å². The number of amides is 1. The van der Waals surface area contributed by atoms with E-state index in [-0.39, 0.29) is 5.91 Å². The molecule has 1 aromatic heterocycles. The van der Waals surface area contributed by atoms with E-state index >= 15 is 0 Å². The summed E-state index contributed by atoms with van der Waals surface area (Å²) >= 11 is 0. The molecule has 0 radical (unpaired) electrons. The van der Waals surface area contributed by atoms with Crippen molar-refractivity contribution >= 4 is 5.91 Å². The quantitative estimate of drug-likeness (QED) is 0.714. The molecule has 0 bridgehead atoms. The van der Waals surface area contributed by atoms with Gasteiger partial charge in [-0.15, -0.1) is 0 Å². The van der Waals surface area contributed by atoms with E-state index in [0.29, 0.717) is 6.54 Å². The van der Waals surface area contributed by atoms with Gasteiger partial charge >= 0.3 is 0 Å². The number of nitrogens with zero attached hydrogens (tertiary/aromatic N) is 2. The van der Waals surface area contributed by atoms with E-state index in [0.717, 1.165) is 12.2 Å². The van der Waals surface area contributed by atoms with Gasteiger partial charge in [0.2, 0.25) is 5.91 Å². The monoisotopic (exact) mass is 167 g/mol. The highest BCUT2D eigenvalue weighted by Gasteiger charge is 1.99. The van der Waals surface area contributed by atoms with E-state index in [4.69, 9.17) is 0 Å². The standard InChI is InChI=1S/C8H13N3O/c1-3-11-8(4-5-10-11)6-9-7(2)12/h4-5H,3,6H2,1-2H3,(H,9,12). The molecule has 0 aliphatic rings. The number of aromatic nitrogens is 2. The molecule has 0 saturated carbocycles. The molecular formula is C8H13N3O. The van der Waals surface area contributed by atoms with Gasteiger partial charge in [-0.05, 0) is 13.0 Å². The lowest BCUT2D eigenvalue weighted by Gasteiger charge is -2.04. The summed E-state index contributed by atoms with van der Waals surface area (Å²) in [6.45, 7) is 4.92. The normalized spacial score (nSPS) is 9.83. The Labute approximate surface area is 71.6 Å². The predicted octanol–water partition coefficient (Wildman–Crippen LogP) is 0.539. The summed E-state index contributed by atoms with van der Waals surface area (Å²) in [6.07, 6.45) is 1.74. The molecule has 0 aliphatic heterocycles. The molecule has 0 fully saturated rings. The van der Waals surface area contributed by atoms with Crippen LogP contribution in [0.3, 0.4) is 0 Å². The molecule has 0 aliphatic carbocycles. The number of carbonyl (C=O) groups is 1. The van der Waals surface area contributed by atoms with E-state index in [1.54, 1.807) is 6.20 Å². The summed E-state index contributed by atoms with van der Waals surface area (Å²) < 4.78 is 1.86. The van der Waals surface area contributed by atoms with Crippen molar-refractivity contribution in [3.63, 3.8) is 0 Å². The van der Waals surface area contributed by atoms with Gasteiger partial charge in [0.1, 0.15) is 0 Å². The first-order valence-electron chi connectivity index (χ1n) is 3.99. The molecule has 1 aromatic rings. The lowest BCUT2D eigenvalue weighted by atomic mass is 10.4. The minimum atomic E-state index is -0.0150. The summed E-state index contributed by atoms with van der Waals surface area (Å²) in [5.41, 5.74) is 1.03. The Hall–Kier alpha value is -1.32. The zero-order valence-corrected chi connectivity index (χ0v) is 7.37. The van der Waals surface area contributed by atoms with Crippen molar-refractivity contribution in [2.45, 2.75) is 26.9 Å². The van der Waals surface area contributed by atoms with Crippen LogP contribution in [0.2, 0.25) is 0 Å². The van der Waals surface area contributed by atoms with Gasteiger partial charge in [0.15, 0.2) is 0 Å². The van der Waals surface area contributed by atoms with Crippen molar-refractivity contribution in [2.75, 3.05) is 0 Å². The molecular weight excluding hydrogens is 154 g/mol. The third kappa shape index (κ3) is 2.08. The van der Waals surface area contributed by atoms with E-state index in [9.17, 15) is 4.79 Å². The molecule has 4 heteroatoms. The van der Waals surface area contributed by atoms with Gasteiger partial charge in [-0.1, -0.05) is 0 Å². The van der Waals surface area contributed by atoms with E-state index in [1.807, 2.05) is 17.7 Å². The Morgan fingerprint density at radius 3 is 3.08 bits per heavy atom. The average Bonchev–Trinajstić information content (AvgIpc) is 2.47. The maximum Gasteiger partial charge on any atom is 0.217 e. The van der Waals surface area contributed by atoms with Crippen molar-refractivity contribution in [1.29, 1.82) is 0 Å².